The Bertz CT molecular complexity index is 1100. The quantitative estimate of drug-likeness (QED) is 0.705. The zero-order valence-electron chi connectivity index (χ0n) is 14.9. The van der Waals surface area contributed by atoms with Gasteiger partial charge < -0.3 is 10.6 Å². The number of carbonyl (C=O) groups is 2. The zero-order valence-corrected chi connectivity index (χ0v) is 15.6. The van der Waals surface area contributed by atoms with Crippen LogP contribution in [0.3, 0.4) is 0 Å². The molecule has 3 heterocycles. The van der Waals surface area contributed by atoms with E-state index in [4.69, 9.17) is 11.6 Å². The van der Waals surface area contributed by atoms with Crippen LogP contribution in [0.25, 0.3) is 5.65 Å². The van der Waals surface area contributed by atoms with Crippen LogP contribution in [-0.4, -0.2) is 36.9 Å². The van der Waals surface area contributed by atoms with Gasteiger partial charge in [0.2, 0.25) is 5.91 Å². The Labute approximate surface area is 165 Å². The third-order valence-corrected chi connectivity index (χ3v) is 6.53. The maximum absolute atomic E-state index is 13.0. The number of pyridine rings is 1. The molecule has 28 heavy (non-hydrogen) atoms. The first-order chi connectivity index (χ1) is 13.5. The number of amides is 2. The van der Waals surface area contributed by atoms with E-state index in [0.717, 1.165) is 25.7 Å². The minimum absolute atomic E-state index is 0.127. The fourth-order valence-corrected chi connectivity index (χ4v) is 4.53. The van der Waals surface area contributed by atoms with Crippen molar-refractivity contribution in [1.29, 1.82) is 0 Å². The topological polar surface area (TPSA) is 101 Å². The highest BCUT2D eigenvalue weighted by molar-refractivity contribution is 6.33. The molecule has 0 atom stereocenters. The predicted molar refractivity (Wildman–Crippen MR) is 102 cm³/mol. The lowest BCUT2D eigenvalue weighted by Gasteiger charge is -2.66. The molecule has 2 saturated carbocycles. The Morgan fingerprint density at radius 2 is 1.96 bits per heavy atom. The molecule has 0 saturated heterocycles. The zero-order chi connectivity index (χ0) is 19.4. The molecule has 2 aliphatic rings. The molecule has 2 aliphatic carbocycles. The van der Waals surface area contributed by atoms with Crippen molar-refractivity contribution in [2.24, 2.45) is 5.41 Å². The number of hydrogen-bond acceptors (Lipinski definition) is 5. The normalized spacial score (nSPS) is 25.3. The van der Waals surface area contributed by atoms with Gasteiger partial charge in [-0.3, -0.25) is 14.6 Å². The standard InChI is InChI=1S/C19H17ClN6O2/c20-13-2-8-21-11-14(13)24-17(28)18-3-5-19(18,6-4-18)25-16(27)12-10-23-26-9-1-7-22-15(12)26/h1-2,7-11H,3-6H2,(H,24,28)(H,25,27). The summed E-state index contributed by atoms with van der Waals surface area (Å²) >= 11 is 6.14. The van der Waals surface area contributed by atoms with E-state index in [1.165, 1.54) is 12.4 Å². The number of hydrogen-bond donors (Lipinski definition) is 2. The Morgan fingerprint density at radius 1 is 1.14 bits per heavy atom. The largest absolute Gasteiger partial charge is 0.345 e. The van der Waals surface area contributed by atoms with Crippen molar-refractivity contribution in [2.75, 3.05) is 5.32 Å². The van der Waals surface area contributed by atoms with Gasteiger partial charge in [-0.05, 0) is 37.8 Å². The fourth-order valence-electron chi connectivity index (χ4n) is 4.38. The second kappa shape index (κ2) is 6.00. The summed E-state index contributed by atoms with van der Waals surface area (Å²) in [6, 6.07) is 3.38. The molecule has 0 bridgehead atoms. The summed E-state index contributed by atoms with van der Waals surface area (Å²) in [5, 5.41) is 10.6. The first kappa shape index (κ1) is 17.1. The Balaban J connectivity index is 1.38. The minimum atomic E-state index is -0.613. The number of nitrogens with zero attached hydrogens (tertiary/aromatic N) is 4. The van der Waals surface area contributed by atoms with E-state index < -0.39 is 11.0 Å². The van der Waals surface area contributed by atoms with Crippen LogP contribution in [0.1, 0.15) is 36.0 Å². The Hall–Kier alpha value is -3.00. The van der Waals surface area contributed by atoms with Crippen LogP contribution in [0.15, 0.2) is 43.1 Å². The van der Waals surface area contributed by atoms with Crippen molar-refractivity contribution in [3.05, 3.63) is 53.7 Å². The average Bonchev–Trinajstić information content (AvgIpc) is 3.13. The van der Waals surface area contributed by atoms with E-state index in [-0.39, 0.29) is 11.8 Å². The predicted octanol–water partition coefficient (Wildman–Crippen LogP) is 2.46. The molecule has 142 valence electrons. The summed E-state index contributed by atoms with van der Waals surface area (Å²) in [6.45, 7) is 0. The summed E-state index contributed by atoms with van der Waals surface area (Å²) in [7, 11) is 0. The molecule has 8 nitrogen and oxygen atoms in total. The molecule has 0 unspecified atom stereocenters. The highest BCUT2D eigenvalue weighted by Crippen LogP contribution is 2.64. The molecule has 0 aromatic carbocycles. The van der Waals surface area contributed by atoms with Crippen molar-refractivity contribution < 1.29 is 9.59 Å². The molecule has 0 aliphatic heterocycles. The summed E-state index contributed by atoms with van der Waals surface area (Å²) in [5.41, 5.74) is 0.226. The maximum atomic E-state index is 13.0. The van der Waals surface area contributed by atoms with Crippen LogP contribution < -0.4 is 10.6 Å². The van der Waals surface area contributed by atoms with Gasteiger partial charge >= 0.3 is 0 Å². The average molecular weight is 397 g/mol. The second-order valence-corrected chi connectivity index (χ2v) is 7.78. The first-order valence-electron chi connectivity index (χ1n) is 9.07. The van der Waals surface area contributed by atoms with Gasteiger partial charge in [0.05, 0.1) is 34.1 Å². The maximum Gasteiger partial charge on any atom is 0.257 e. The summed E-state index contributed by atoms with van der Waals surface area (Å²) < 4.78 is 1.55. The molecule has 9 heteroatoms. The smallest absolute Gasteiger partial charge is 0.257 e. The van der Waals surface area contributed by atoms with Crippen molar-refractivity contribution in [1.82, 2.24) is 24.9 Å². The van der Waals surface area contributed by atoms with E-state index in [2.05, 4.69) is 25.7 Å². The minimum Gasteiger partial charge on any atom is -0.345 e. The molecule has 2 amide bonds. The van der Waals surface area contributed by atoms with Gasteiger partial charge in [-0.15, -0.1) is 0 Å². The molecular weight excluding hydrogens is 380 g/mol. The number of aromatic nitrogens is 4. The van der Waals surface area contributed by atoms with Gasteiger partial charge in [0.25, 0.3) is 5.91 Å². The van der Waals surface area contributed by atoms with E-state index in [0.29, 0.717) is 21.9 Å². The van der Waals surface area contributed by atoms with Crippen molar-refractivity contribution in [3.63, 3.8) is 0 Å². The Kier molecular flexibility index (Phi) is 3.67. The molecular formula is C19H17ClN6O2. The molecule has 2 N–H and O–H groups in total. The lowest BCUT2D eigenvalue weighted by Crippen LogP contribution is -2.77. The number of carbonyl (C=O) groups excluding carboxylic acids is 2. The van der Waals surface area contributed by atoms with Gasteiger partial charge in [0.15, 0.2) is 5.65 Å². The highest BCUT2D eigenvalue weighted by atomic mass is 35.5. The van der Waals surface area contributed by atoms with E-state index in [1.807, 2.05) is 0 Å². The second-order valence-electron chi connectivity index (χ2n) is 7.37. The molecule has 2 fully saturated rings. The Morgan fingerprint density at radius 3 is 2.68 bits per heavy atom. The fraction of sp³-hybridized carbons (Fsp3) is 0.316. The third-order valence-electron chi connectivity index (χ3n) is 6.20. The van der Waals surface area contributed by atoms with Crippen LogP contribution in [-0.2, 0) is 4.79 Å². The third kappa shape index (κ3) is 2.27. The van der Waals surface area contributed by atoms with Crippen LogP contribution in [0, 0.1) is 5.41 Å². The number of nitrogens with one attached hydrogen (secondary N) is 2. The van der Waals surface area contributed by atoms with Gasteiger partial charge in [-0.1, -0.05) is 11.6 Å². The SMILES string of the molecule is O=C(NC12CCC1(C(=O)Nc1cnccc1Cl)CC2)c1cnn2cccnc12. The summed E-state index contributed by atoms with van der Waals surface area (Å²) in [6.07, 6.45) is 10.9. The van der Waals surface area contributed by atoms with Crippen molar-refractivity contribution in [2.45, 2.75) is 31.2 Å². The highest BCUT2D eigenvalue weighted by Gasteiger charge is 2.70. The van der Waals surface area contributed by atoms with Crippen LogP contribution >= 0.6 is 11.6 Å². The van der Waals surface area contributed by atoms with E-state index >= 15 is 0 Å². The van der Waals surface area contributed by atoms with Crippen LogP contribution in [0.2, 0.25) is 5.02 Å². The van der Waals surface area contributed by atoms with Crippen LogP contribution in [0.4, 0.5) is 5.69 Å². The van der Waals surface area contributed by atoms with Gasteiger partial charge in [-0.2, -0.15) is 5.10 Å². The summed E-state index contributed by atoms with van der Waals surface area (Å²) in [4.78, 5) is 34.2. The lowest BCUT2D eigenvalue weighted by molar-refractivity contribution is -0.161. The first-order valence-corrected chi connectivity index (χ1v) is 9.44. The lowest BCUT2D eigenvalue weighted by atomic mass is 9.42. The van der Waals surface area contributed by atoms with Crippen molar-refractivity contribution >= 4 is 34.7 Å². The number of rotatable bonds is 4. The molecule has 0 radical (unpaired) electrons. The number of anilines is 1. The van der Waals surface area contributed by atoms with Crippen molar-refractivity contribution in [3.8, 4) is 0 Å². The number of fused-ring (bicyclic) bond motifs is 2. The van der Waals surface area contributed by atoms with Gasteiger partial charge in [-0.25, -0.2) is 9.50 Å². The number of halogens is 1. The molecule has 3 aromatic rings. The van der Waals surface area contributed by atoms with Gasteiger partial charge in [0, 0.05) is 18.6 Å². The molecule has 0 spiro atoms. The van der Waals surface area contributed by atoms with Crippen LogP contribution in [0.5, 0.6) is 0 Å². The van der Waals surface area contributed by atoms with E-state index in [1.54, 1.807) is 35.2 Å². The monoisotopic (exact) mass is 396 g/mol. The van der Waals surface area contributed by atoms with Gasteiger partial charge in [0.1, 0.15) is 5.56 Å². The van der Waals surface area contributed by atoms with E-state index in [9.17, 15) is 9.59 Å². The molecule has 3 aromatic heterocycles. The molecule has 5 rings (SSSR count). The summed E-state index contributed by atoms with van der Waals surface area (Å²) in [5.74, 6) is -0.386.